The largest absolute Gasteiger partial charge is 0.472 e. The number of carbonyl (C=O) groups excluding carboxylic acids is 3. The van der Waals surface area contributed by atoms with Crippen LogP contribution in [0.5, 0.6) is 0 Å². The van der Waals surface area contributed by atoms with Crippen LogP contribution in [0.1, 0.15) is 316 Å². The van der Waals surface area contributed by atoms with Crippen LogP contribution in [0.4, 0.5) is 0 Å². The number of hydrogen-bond acceptors (Lipinski definition) is 14. The fourth-order valence-corrected chi connectivity index (χ4v) is 11.7. The van der Waals surface area contributed by atoms with Crippen molar-refractivity contribution in [2.75, 3.05) is 39.6 Å². The number of ether oxygens (including phenoxy) is 3. The summed E-state index contributed by atoms with van der Waals surface area (Å²) in [6.07, 6.45) is 83.2. The van der Waals surface area contributed by atoms with Crippen molar-refractivity contribution in [1.82, 2.24) is 0 Å². The third kappa shape index (κ3) is 73.3. The first-order chi connectivity index (χ1) is 47.2. The van der Waals surface area contributed by atoms with E-state index in [0.717, 1.165) is 154 Å². The maximum atomic E-state index is 12.9. The molecule has 0 radical (unpaired) electrons. The maximum absolute atomic E-state index is 12.9. The standard InChI is InChI=1S/C79H138O16P2/c1-4-7-10-13-16-19-22-25-26-27-28-29-30-31-32-33-34-35-36-37-38-39-40-41-42-43-44-45-46-49-51-53-56-59-62-65-77(82)89-68-74(80)69-91-96(85,86)92-70-75(81)71-93-97(87,88)94-73-76(95-79(84)67-64-61-58-55-52-48-24-21-18-15-12-9-6-3)72-90-78(83)66-63-60-57-54-50-47-23-20-17-14-11-8-5-2/h7,10-12,14-16,19-21,23-26,28-29,31-32,74-76,80-81H,4-6,8-9,13,17-18,22,27,30,33-73H2,1-3H3,(H,85,86)(H,87,88)/b10-7-,14-11-,15-12-,19-16-,23-20-,24-21-,26-25-,29-28-,32-31-. The molecule has 5 unspecified atom stereocenters. The van der Waals surface area contributed by atoms with Crippen LogP contribution in [0.2, 0.25) is 0 Å². The van der Waals surface area contributed by atoms with E-state index in [0.29, 0.717) is 19.3 Å². The van der Waals surface area contributed by atoms with Crippen molar-refractivity contribution in [2.24, 2.45) is 0 Å². The van der Waals surface area contributed by atoms with Gasteiger partial charge in [0.2, 0.25) is 0 Å². The molecule has 5 atom stereocenters. The average Bonchev–Trinajstić information content (AvgIpc) is 1.57. The van der Waals surface area contributed by atoms with E-state index in [1.54, 1.807) is 0 Å². The van der Waals surface area contributed by atoms with Crippen molar-refractivity contribution in [3.05, 3.63) is 109 Å². The molecule has 0 aromatic carbocycles. The van der Waals surface area contributed by atoms with E-state index < -0.39 is 91.5 Å². The van der Waals surface area contributed by atoms with E-state index >= 15 is 0 Å². The Morgan fingerprint density at radius 2 is 0.546 bits per heavy atom. The molecule has 97 heavy (non-hydrogen) atoms. The van der Waals surface area contributed by atoms with Crippen LogP contribution in [0, 0.1) is 0 Å². The molecule has 0 aliphatic rings. The van der Waals surface area contributed by atoms with Crippen LogP contribution in [0.15, 0.2) is 109 Å². The number of phosphoric acid groups is 2. The zero-order valence-corrected chi connectivity index (χ0v) is 62.8. The molecule has 0 rings (SSSR count). The van der Waals surface area contributed by atoms with Crippen molar-refractivity contribution in [2.45, 2.75) is 334 Å². The molecule has 0 amide bonds. The van der Waals surface area contributed by atoms with E-state index in [1.165, 1.54) is 103 Å². The number of carbonyl (C=O) groups is 3. The molecule has 0 saturated carbocycles. The lowest BCUT2D eigenvalue weighted by Gasteiger charge is -2.21. The van der Waals surface area contributed by atoms with Gasteiger partial charge >= 0.3 is 33.6 Å². The van der Waals surface area contributed by atoms with Crippen LogP contribution in [-0.2, 0) is 55.8 Å². The van der Waals surface area contributed by atoms with Crippen molar-refractivity contribution in [1.29, 1.82) is 0 Å². The number of phosphoric ester groups is 2. The van der Waals surface area contributed by atoms with Gasteiger partial charge < -0.3 is 34.2 Å². The minimum Gasteiger partial charge on any atom is -0.463 e. The molecule has 0 spiro atoms. The number of aliphatic hydroxyl groups excluding tert-OH is 2. The average molecular weight is 1410 g/mol. The first-order valence-corrected chi connectivity index (χ1v) is 41.2. The fourth-order valence-electron chi connectivity index (χ4n) is 10.1. The number of hydrogen-bond donors (Lipinski definition) is 4. The quantitative estimate of drug-likeness (QED) is 0.0146. The van der Waals surface area contributed by atoms with Gasteiger partial charge in [0.1, 0.15) is 25.4 Å². The van der Waals surface area contributed by atoms with E-state index in [-0.39, 0.29) is 19.3 Å². The predicted octanol–water partition coefficient (Wildman–Crippen LogP) is 22.0. The molecule has 0 aliphatic carbocycles. The molecule has 0 bridgehead atoms. The highest BCUT2D eigenvalue weighted by atomic mass is 31.2. The van der Waals surface area contributed by atoms with Crippen LogP contribution < -0.4 is 0 Å². The van der Waals surface area contributed by atoms with Crippen LogP contribution in [0.3, 0.4) is 0 Å². The topological polar surface area (TPSA) is 231 Å². The highest BCUT2D eigenvalue weighted by molar-refractivity contribution is 7.47. The van der Waals surface area contributed by atoms with E-state index in [1.807, 2.05) is 0 Å². The van der Waals surface area contributed by atoms with Gasteiger partial charge in [0.05, 0.1) is 26.4 Å². The Kier molecular flexibility index (Phi) is 69.2. The lowest BCUT2D eigenvalue weighted by atomic mass is 10.0. The first-order valence-electron chi connectivity index (χ1n) is 38.2. The number of rotatable bonds is 72. The summed E-state index contributed by atoms with van der Waals surface area (Å²) in [4.78, 5) is 58.4. The Bertz CT molecular complexity index is 2200. The smallest absolute Gasteiger partial charge is 0.463 e. The van der Waals surface area contributed by atoms with Gasteiger partial charge in [-0.05, 0) is 116 Å². The minimum atomic E-state index is -4.93. The van der Waals surface area contributed by atoms with Crippen molar-refractivity contribution in [3.63, 3.8) is 0 Å². The second kappa shape index (κ2) is 72.0. The molecule has 560 valence electrons. The number of esters is 3. The van der Waals surface area contributed by atoms with Crippen molar-refractivity contribution >= 4 is 33.6 Å². The molecular formula is C79H138O16P2. The minimum absolute atomic E-state index is 0.0854. The molecule has 0 saturated heterocycles. The molecule has 18 heteroatoms. The maximum Gasteiger partial charge on any atom is 0.472 e. The lowest BCUT2D eigenvalue weighted by molar-refractivity contribution is -0.161. The van der Waals surface area contributed by atoms with Gasteiger partial charge in [-0.25, -0.2) is 9.13 Å². The normalized spacial score (nSPS) is 14.7. The van der Waals surface area contributed by atoms with Gasteiger partial charge in [-0.15, -0.1) is 0 Å². The van der Waals surface area contributed by atoms with Gasteiger partial charge in [0, 0.05) is 19.3 Å². The van der Waals surface area contributed by atoms with Gasteiger partial charge in [0.15, 0.2) is 6.10 Å². The summed E-state index contributed by atoms with van der Waals surface area (Å²) >= 11 is 0. The van der Waals surface area contributed by atoms with Gasteiger partial charge in [-0.3, -0.25) is 32.5 Å². The monoisotopic (exact) mass is 1400 g/mol. The van der Waals surface area contributed by atoms with Crippen LogP contribution in [0.25, 0.3) is 0 Å². The summed E-state index contributed by atoms with van der Waals surface area (Å²) in [5.74, 6) is -1.60. The van der Waals surface area contributed by atoms with Gasteiger partial charge in [-0.1, -0.05) is 291 Å². The van der Waals surface area contributed by atoms with E-state index in [9.17, 15) is 43.5 Å². The highest BCUT2D eigenvalue weighted by Gasteiger charge is 2.29. The summed E-state index contributed by atoms with van der Waals surface area (Å²) in [5.41, 5.74) is 0. The molecule has 0 heterocycles. The Hall–Kier alpha value is -3.79. The van der Waals surface area contributed by atoms with Gasteiger partial charge in [-0.2, -0.15) is 0 Å². The molecule has 0 aliphatic heterocycles. The Morgan fingerprint density at radius 3 is 0.866 bits per heavy atom. The van der Waals surface area contributed by atoms with Crippen LogP contribution >= 0.6 is 15.6 Å². The lowest BCUT2D eigenvalue weighted by Crippen LogP contribution is -2.30. The highest BCUT2D eigenvalue weighted by Crippen LogP contribution is 2.45. The number of unbranched alkanes of at least 4 members (excludes halogenated alkanes) is 31. The summed E-state index contributed by atoms with van der Waals surface area (Å²) in [6.45, 7) is 2.41. The second-order valence-corrected chi connectivity index (χ2v) is 28.3. The third-order valence-electron chi connectivity index (χ3n) is 15.9. The van der Waals surface area contributed by atoms with Crippen molar-refractivity contribution < 1.29 is 75.8 Å². The van der Waals surface area contributed by atoms with E-state index in [2.05, 4.69) is 130 Å². The molecular weight excluding hydrogens is 1270 g/mol. The molecule has 0 aromatic rings. The number of aliphatic hydroxyl groups is 2. The SMILES string of the molecule is CC/C=C\C/C=C\C/C=C\C/C=C\C/C=C\CCCCCCCCCCCCCCCCCCCCCC(=O)OCC(O)COP(=O)(O)OCC(O)COP(=O)(O)OCC(COC(=O)CCCCCCC/C=C\C/C=C\CCC)OC(=O)CCCCCCC/C=C\C/C=C\CCC. The molecule has 0 fully saturated rings. The third-order valence-corrected chi connectivity index (χ3v) is 17.8. The first kappa shape index (κ1) is 93.2. The Morgan fingerprint density at radius 1 is 0.299 bits per heavy atom. The Balaban J connectivity index is 4.29. The van der Waals surface area contributed by atoms with Gasteiger partial charge in [0.25, 0.3) is 0 Å². The van der Waals surface area contributed by atoms with Crippen molar-refractivity contribution in [3.8, 4) is 0 Å². The summed E-state index contributed by atoms with van der Waals surface area (Å²) < 4.78 is 60.9. The summed E-state index contributed by atoms with van der Waals surface area (Å²) in [7, 11) is -9.78. The molecule has 16 nitrogen and oxygen atoms in total. The summed E-state index contributed by atoms with van der Waals surface area (Å²) in [6, 6.07) is 0. The number of allylic oxidation sites excluding steroid dienone is 18. The second-order valence-electron chi connectivity index (χ2n) is 25.4. The van der Waals surface area contributed by atoms with Crippen LogP contribution in [-0.4, -0.2) is 95.9 Å². The zero-order valence-electron chi connectivity index (χ0n) is 61.0. The van der Waals surface area contributed by atoms with E-state index in [4.69, 9.17) is 32.3 Å². The molecule has 0 aromatic heterocycles. The zero-order chi connectivity index (χ0) is 70.9. The molecule has 4 N–H and O–H groups in total. The fraction of sp³-hybridized carbons (Fsp3) is 0.734. The Labute approximate surface area is 590 Å². The predicted molar refractivity (Wildman–Crippen MR) is 399 cm³/mol. The summed E-state index contributed by atoms with van der Waals surface area (Å²) in [5, 5.41) is 20.6.